The number of nitrogens with one attached hydrogen (secondary N) is 1. The summed E-state index contributed by atoms with van der Waals surface area (Å²) >= 11 is 6.22. The molecule has 0 radical (unpaired) electrons. The third-order valence-electron chi connectivity index (χ3n) is 4.30. The number of halogens is 1. The van der Waals surface area contributed by atoms with E-state index in [1.54, 1.807) is 50.2 Å². The number of aromatic nitrogens is 2. The van der Waals surface area contributed by atoms with Crippen LogP contribution in [-0.2, 0) is 0 Å². The highest BCUT2D eigenvalue weighted by molar-refractivity contribution is 6.32. The molecule has 1 heterocycles. The van der Waals surface area contributed by atoms with E-state index in [0.717, 1.165) is 6.29 Å². The minimum absolute atomic E-state index is 0.198. The maximum atomic E-state index is 10.8. The second kappa shape index (κ2) is 8.21. The second-order valence-electron chi connectivity index (χ2n) is 6.26. The smallest absolute Gasteiger partial charge is 0.247 e. The molecule has 7 nitrogen and oxygen atoms in total. The molecule has 8 heteroatoms. The van der Waals surface area contributed by atoms with E-state index in [4.69, 9.17) is 21.3 Å². The zero-order chi connectivity index (χ0) is 20.3. The van der Waals surface area contributed by atoms with Crippen LogP contribution in [0.4, 0.5) is 5.69 Å². The van der Waals surface area contributed by atoms with Crippen LogP contribution in [-0.4, -0.2) is 27.7 Å². The number of aliphatic hydroxyl groups excluding tert-OH is 1. The van der Waals surface area contributed by atoms with E-state index in [1.807, 2.05) is 6.07 Å². The van der Waals surface area contributed by atoms with Crippen molar-refractivity contribution in [2.24, 2.45) is 0 Å². The van der Waals surface area contributed by atoms with Crippen LogP contribution in [0.1, 0.15) is 40.3 Å². The fourth-order valence-electron chi connectivity index (χ4n) is 2.67. The van der Waals surface area contributed by atoms with Crippen molar-refractivity contribution in [3.63, 3.8) is 0 Å². The zero-order valence-electron chi connectivity index (χ0n) is 15.2. The first-order valence-corrected chi connectivity index (χ1v) is 8.85. The molecular formula is C20H17ClN4O3. The Morgan fingerprint density at radius 3 is 2.57 bits per heavy atom. The van der Waals surface area contributed by atoms with Gasteiger partial charge in [0.1, 0.15) is 18.4 Å². The first kappa shape index (κ1) is 19.5. The van der Waals surface area contributed by atoms with Crippen molar-refractivity contribution in [1.29, 1.82) is 5.26 Å². The van der Waals surface area contributed by atoms with Crippen molar-refractivity contribution in [2.75, 3.05) is 5.32 Å². The summed E-state index contributed by atoms with van der Waals surface area (Å²) in [7, 11) is 0. The molecular weight excluding hydrogens is 380 g/mol. The lowest BCUT2D eigenvalue weighted by atomic mass is 10.1. The molecule has 3 aromatic rings. The average molecular weight is 397 g/mol. The summed E-state index contributed by atoms with van der Waals surface area (Å²) in [6.45, 7) is 3.37. The number of nitrogens with zero attached hydrogens (tertiary/aromatic N) is 3. The Morgan fingerprint density at radius 2 is 1.96 bits per heavy atom. The minimum atomic E-state index is -0.848. The number of benzene rings is 2. The number of nitriles is 1. The number of hydrogen-bond donors (Lipinski definition) is 2. The van der Waals surface area contributed by atoms with Gasteiger partial charge in [-0.05, 0) is 43.7 Å². The average Bonchev–Trinajstić information content (AvgIpc) is 3.18. The summed E-state index contributed by atoms with van der Waals surface area (Å²) in [6.07, 6.45) is -0.0962. The Morgan fingerprint density at radius 1 is 1.25 bits per heavy atom. The number of hydrogen-bond acceptors (Lipinski definition) is 7. The second-order valence-corrected chi connectivity index (χ2v) is 6.64. The molecule has 0 amide bonds. The summed E-state index contributed by atoms with van der Waals surface area (Å²) in [4.78, 5) is 10.8. The molecule has 0 spiro atoms. The van der Waals surface area contributed by atoms with E-state index in [2.05, 4.69) is 15.5 Å². The van der Waals surface area contributed by atoms with Crippen LogP contribution >= 0.6 is 11.6 Å². The maximum Gasteiger partial charge on any atom is 0.247 e. The highest BCUT2D eigenvalue weighted by Gasteiger charge is 2.25. The van der Waals surface area contributed by atoms with Crippen molar-refractivity contribution in [3.8, 4) is 17.5 Å². The number of carbonyl (C=O) groups is 1. The summed E-state index contributed by atoms with van der Waals surface area (Å²) in [6, 6.07) is 11.4. The van der Waals surface area contributed by atoms with Crippen LogP contribution in [0, 0.1) is 18.3 Å². The lowest BCUT2D eigenvalue weighted by Crippen LogP contribution is -2.23. The molecule has 2 N–H and O–H groups in total. The lowest BCUT2D eigenvalue weighted by Gasteiger charge is -2.21. The molecule has 0 aliphatic heterocycles. The lowest BCUT2D eigenvalue weighted by molar-refractivity contribution is 0.112. The van der Waals surface area contributed by atoms with Crippen molar-refractivity contribution in [3.05, 3.63) is 64.0 Å². The third kappa shape index (κ3) is 3.88. The summed E-state index contributed by atoms with van der Waals surface area (Å²) in [5, 5.41) is 30.9. The third-order valence-corrected chi connectivity index (χ3v) is 4.79. The Balaban J connectivity index is 1.89. The molecule has 0 aliphatic rings. The van der Waals surface area contributed by atoms with Gasteiger partial charge >= 0.3 is 0 Å². The van der Waals surface area contributed by atoms with E-state index < -0.39 is 12.1 Å². The van der Waals surface area contributed by atoms with E-state index in [0.29, 0.717) is 33.0 Å². The van der Waals surface area contributed by atoms with Gasteiger partial charge in [0, 0.05) is 16.8 Å². The SMILES string of the molecule is Cc1c(NC(c2nnc(-c3ccc(C=O)cc3)o2)C(C)O)ccc(C#N)c1Cl. The van der Waals surface area contributed by atoms with E-state index in [9.17, 15) is 9.90 Å². The molecule has 3 rings (SSSR count). The Hall–Kier alpha value is -3.21. The number of aldehydes is 1. The molecule has 2 aromatic carbocycles. The van der Waals surface area contributed by atoms with Crippen LogP contribution in [0.3, 0.4) is 0 Å². The summed E-state index contributed by atoms with van der Waals surface area (Å²) < 4.78 is 5.74. The standard InChI is InChI=1S/C20H17ClN4O3/c1-11-16(8-7-15(9-22)17(11)21)23-18(12(2)27)20-25-24-19(28-20)14-5-3-13(10-26)4-6-14/h3-8,10,12,18,23,27H,1-2H3. The van der Waals surface area contributed by atoms with Gasteiger partial charge in [0.05, 0.1) is 16.7 Å². The van der Waals surface area contributed by atoms with Gasteiger partial charge in [-0.3, -0.25) is 4.79 Å². The van der Waals surface area contributed by atoms with Crippen molar-refractivity contribution in [2.45, 2.75) is 26.0 Å². The number of carbonyl (C=O) groups excluding carboxylic acids is 1. The zero-order valence-corrected chi connectivity index (χ0v) is 15.9. The summed E-state index contributed by atoms with van der Waals surface area (Å²) in [5.41, 5.74) is 2.89. The minimum Gasteiger partial charge on any atom is -0.418 e. The monoisotopic (exact) mass is 396 g/mol. The fraction of sp³-hybridized carbons (Fsp3) is 0.200. The van der Waals surface area contributed by atoms with Crippen LogP contribution in [0.5, 0.6) is 0 Å². The molecule has 0 fully saturated rings. The predicted octanol–water partition coefficient (Wildman–Crippen LogP) is 3.92. The fourth-order valence-corrected chi connectivity index (χ4v) is 2.87. The van der Waals surface area contributed by atoms with Crippen molar-refractivity contribution >= 4 is 23.6 Å². The van der Waals surface area contributed by atoms with Crippen LogP contribution in [0.15, 0.2) is 40.8 Å². The molecule has 0 saturated carbocycles. The van der Waals surface area contributed by atoms with Crippen LogP contribution < -0.4 is 5.32 Å². The summed E-state index contributed by atoms with van der Waals surface area (Å²) in [5.74, 6) is 0.471. The topological polar surface area (TPSA) is 112 Å². The first-order valence-electron chi connectivity index (χ1n) is 8.47. The highest BCUT2D eigenvalue weighted by Crippen LogP contribution is 2.31. The maximum absolute atomic E-state index is 10.8. The molecule has 0 aliphatic carbocycles. The number of aliphatic hydroxyl groups is 1. The van der Waals surface area contributed by atoms with Gasteiger partial charge < -0.3 is 14.8 Å². The molecule has 2 unspecified atom stereocenters. The van der Waals surface area contributed by atoms with Gasteiger partial charge in [-0.2, -0.15) is 5.26 Å². The highest BCUT2D eigenvalue weighted by atomic mass is 35.5. The number of rotatable bonds is 6. The van der Waals surface area contributed by atoms with Gasteiger partial charge in [-0.25, -0.2) is 0 Å². The van der Waals surface area contributed by atoms with E-state index >= 15 is 0 Å². The van der Waals surface area contributed by atoms with Gasteiger partial charge in [-0.1, -0.05) is 23.7 Å². The Labute approximate surface area is 166 Å². The van der Waals surface area contributed by atoms with Gasteiger partial charge in [0.25, 0.3) is 0 Å². The quantitative estimate of drug-likeness (QED) is 0.607. The van der Waals surface area contributed by atoms with Crippen molar-refractivity contribution in [1.82, 2.24) is 10.2 Å². The number of anilines is 1. The first-order chi connectivity index (χ1) is 13.4. The molecule has 2 atom stereocenters. The molecule has 0 saturated heterocycles. The van der Waals surface area contributed by atoms with Gasteiger partial charge in [0.2, 0.25) is 11.8 Å². The molecule has 28 heavy (non-hydrogen) atoms. The van der Waals surface area contributed by atoms with Crippen LogP contribution in [0.2, 0.25) is 5.02 Å². The van der Waals surface area contributed by atoms with Crippen LogP contribution in [0.25, 0.3) is 11.5 Å². The molecule has 142 valence electrons. The molecule has 1 aromatic heterocycles. The normalized spacial score (nSPS) is 12.8. The predicted molar refractivity (Wildman–Crippen MR) is 104 cm³/mol. The van der Waals surface area contributed by atoms with Gasteiger partial charge in [-0.15, -0.1) is 10.2 Å². The van der Waals surface area contributed by atoms with E-state index in [-0.39, 0.29) is 11.8 Å². The van der Waals surface area contributed by atoms with E-state index in [1.165, 1.54) is 0 Å². The largest absolute Gasteiger partial charge is 0.418 e. The Bertz CT molecular complexity index is 1040. The molecule has 0 bridgehead atoms. The van der Waals surface area contributed by atoms with Gasteiger partial charge in [0.15, 0.2) is 0 Å². The van der Waals surface area contributed by atoms with Crippen molar-refractivity contribution < 1.29 is 14.3 Å². The Kier molecular flexibility index (Phi) is 5.73.